The van der Waals surface area contributed by atoms with Crippen molar-refractivity contribution in [2.75, 3.05) is 20.8 Å². The molecule has 2 aromatic carbocycles. The summed E-state index contributed by atoms with van der Waals surface area (Å²) < 4.78 is 44.4. The number of alkyl halides is 2. The quantitative estimate of drug-likeness (QED) is 0.128. The molecule has 0 spiro atoms. The van der Waals surface area contributed by atoms with Crippen LogP contribution in [0.3, 0.4) is 0 Å². The van der Waals surface area contributed by atoms with E-state index in [9.17, 15) is 18.4 Å². The third-order valence-electron chi connectivity index (χ3n) is 9.51. The van der Waals surface area contributed by atoms with E-state index in [0.717, 1.165) is 43.2 Å². The van der Waals surface area contributed by atoms with E-state index in [1.807, 2.05) is 24.3 Å². The van der Waals surface area contributed by atoms with Gasteiger partial charge in [0.1, 0.15) is 11.5 Å². The number of nitrogens with one attached hydrogen (secondary N) is 2. The topological polar surface area (TPSA) is 112 Å². The van der Waals surface area contributed by atoms with E-state index in [4.69, 9.17) is 30.8 Å². The number of amides is 1. The lowest BCUT2D eigenvalue weighted by molar-refractivity contribution is -0.119. The first kappa shape index (κ1) is 36.2. The molecule has 3 heterocycles. The monoisotopic (exact) mass is 718 g/mol. The molecule has 9 nitrogen and oxygen atoms in total. The number of carbonyl (C=O) groups is 2. The predicted molar refractivity (Wildman–Crippen MR) is 191 cm³/mol. The first-order valence-electron chi connectivity index (χ1n) is 17.2. The minimum atomic E-state index is -3.11. The molecule has 0 bridgehead atoms. The van der Waals surface area contributed by atoms with E-state index in [2.05, 4.69) is 15.6 Å². The summed E-state index contributed by atoms with van der Waals surface area (Å²) in [7, 11) is 3.08. The van der Waals surface area contributed by atoms with Crippen LogP contribution < -0.4 is 24.8 Å². The maximum absolute atomic E-state index is 14.0. The zero-order valence-corrected chi connectivity index (χ0v) is 29.4. The van der Waals surface area contributed by atoms with Gasteiger partial charge in [0.15, 0.2) is 0 Å². The molecule has 2 fully saturated rings. The smallest absolute Gasteiger partial charge is 0.387 e. The lowest BCUT2D eigenvalue weighted by Crippen LogP contribution is -2.25. The van der Waals surface area contributed by atoms with Crippen molar-refractivity contribution in [1.82, 2.24) is 20.6 Å². The number of methoxy groups -OCH3 is 2. The van der Waals surface area contributed by atoms with Crippen molar-refractivity contribution in [2.45, 2.75) is 70.6 Å². The molecule has 1 aliphatic heterocycles. The zero-order chi connectivity index (χ0) is 35.9. The zero-order valence-electron chi connectivity index (χ0n) is 28.6. The summed E-state index contributed by atoms with van der Waals surface area (Å²) in [5.74, 6) is 1.47. The molecule has 0 radical (unpaired) electrons. The van der Waals surface area contributed by atoms with E-state index >= 15 is 0 Å². The molecule has 2 N–H and O–H groups in total. The Morgan fingerprint density at radius 3 is 2.20 bits per heavy atom. The first-order chi connectivity index (χ1) is 24.7. The van der Waals surface area contributed by atoms with Crippen molar-refractivity contribution in [1.29, 1.82) is 0 Å². The van der Waals surface area contributed by atoms with Gasteiger partial charge in [-0.15, -0.1) is 0 Å². The summed E-state index contributed by atoms with van der Waals surface area (Å²) in [6, 6.07) is 18.1. The number of ketones is 1. The predicted octanol–water partition coefficient (Wildman–Crippen LogP) is 7.81. The number of hydrogen-bond acceptors (Lipinski definition) is 8. The molecule has 0 unspecified atom stereocenters. The van der Waals surface area contributed by atoms with Gasteiger partial charge in [0.05, 0.1) is 30.6 Å². The van der Waals surface area contributed by atoms with Crippen LogP contribution in [0.25, 0.3) is 33.6 Å². The average molecular weight is 719 g/mol. The van der Waals surface area contributed by atoms with E-state index in [0.29, 0.717) is 94.5 Å². The standard InChI is InChI=1S/C39H41ClF2N4O5/c1-49-37-24(6-3-7-26-15-19-34(48)44-26)13-17-32(45-37)30-10-4-8-28(35(30)40)29-9-5-11-31(36(29)51-39(41)42)33-18-14-25(38(46-33)50-2)22-43-21-23-12-16-27(47)20-23/h4-5,8-11,13-14,17-18,23,26,39,43H,3,6-7,12,15-16,19-22H2,1-2H3,(H,44,48)/t23-,26-/m1/s1. The van der Waals surface area contributed by atoms with Crippen molar-refractivity contribution in [2.24, 2.45) is 5.92 Å². The number of Topliss-reactive ketones (excluding diaryl/α,β-unsaturated/α-hetero) is 1. The number of hydrogen-bond donors (Lipinski definition) is 2. The van der Waals surface area contributed by atoms with Crippen LogP contribution in [0.1, 0.15) is 56.1 Å². The van der Waals surface area contributed by atoms with Crippen LogP contribution in [-0.2, 0) is 22.6 Å². The largest absolute Gasteiger partial charge is 0.481 e. The van der Waals surface area contributed by atoms with Gasteiger partial charge < -0.3 is 24.8 Å². The minimum Gasteiger partial charge on any atom is -0.481 e. The Labute approximate surface area is 301 Å². The number of ether oxygens (including phenoxy) is 3. The highest BCUT2D eigenvalue weighted by Gasteiger charge is 2.24. The molecule has 2 aromatic heterocycles. The van der Waals surface area contributed by atoms with Gasteiger partial charge in [0.25, 0.3) is 0 Å². The summed E-state index contributed by atoms with van der Waals surface area (Å²) in [5, 5.41) is 6.70. The molecule has 4 aromatic rings. The maximum Gasteiger partial charge on any atom is 0.387 e. The van der Waals surface area contributed by atoms with Gasteiger partial charge in [-0.2, -0.15) is 8.78 Å². The van der Waals surface area contributed by atoms with Gasteiger partial charge >= 0.3 is 6.61 Å². The van der Waals surface area contributed by atoms with Crippen LogP contribution >= 0.6 is 11.6 Å². The van der Waals surface area contributed by atoms with E-state index in [1.54, 1.807) is 43.5 Å². The molecule has 1 saturated carbocycles. The maximum atomic E-state index is 14.0. The first-order valence-corrected chi connectivity index (χ1v) is 17.6. The van der Waals surface area contributed by atoms with Gasteiger partial charge in [-0.3, -0.25) is 9.59 Å². The number of pyridine rings is 2. The molecular formula is C39H41ClF2N4O5. The third kappa shape index (κ3) is 8.65. The highest BCUT2D eigenvalue weighted by Crippen LogP contribution is 2.45. The minimum absolute atomic E-state index is 0.0720. The summed E-state index contributed by atoms with van der Waals surface area (Å²) in [5.41, 5.74) is 4.47. The van der Waals surface area contributed by atoms with Crippen molar-refractivity contribution < 1.29 is 32.6 Å². The Morgan fingerprint density at radius 2 is 1.53 bits per heavy atom. The summed E-state index contributed by atoms with van der Waals surface area (Å²) >= 11 is 7.04. The second-order valence-electron chi connectivity index (χ2n) is 12.9. The number of rotatable bonds is 15. The lowest BCUT2D eigenvalue weighted by Gasteiger charge is -2.18. The average Bonchev–Trinajstić information content (AvgIpc) is 3.75. The fraction of sp³-hybridized carbons (Fsp3) is 0.385. The van der Waals surface area contributed by atoms with Crippen molar-refractivity contribution in [3.05, 3.63) is 76.8 Å². The van der Waals surface area contributed by atoms with Gasteiger partial charge in [-0.05, 0) is 62.8 Å². The highest BCUT2D eigenvalue weighted by molar-refractivity contribution is 6.36. The Hall–Kier alpha value is -4.61. The summed E-state index contributed by atoms with van der Waals surface area (Å²) in [6.07, 6.45) is 6.02. The summed E-state index contributed by atoms with van der Waals surface area (Å²) in [6.45, 7) is -1.92. The van der Waals surface area contributed by atoms with Gasteiger partial charge in [-0.25, -0.2) is 9.97 Å². The van der Waals surface area contributed by atoms with Crippen LogP contribution in [0.5, 0.6) is 17.5 Å². The number of para-hydroxylation sites is 1. The van der Waals surface area contributed by atoms with Gasteiger partial charge in [-0.1, -0.05) is 54.1 Å². The Morgan fingerprint density at radius 1 is 0.863 bits per heavy atom. The van der Waals surface area contributed by atoms with E-state index in [1.165, 1.54) is 7.11 Å². The van der Waals surface area contributed by atoms with Crippen LogP contribution in [0.15, 0.2) is 60.7 Å². The van der Waals surface area contributed by atoms with Crippen molar-refractivity contribution in [3.63, 3.8) is 0 Å². The van der Waals surface area contributed by atoms with Gasteiger partial charge in [0, 0.05) is 65.2 Å². The number of nitrogens with zero attached hydrogens (tertiary/aromatic N) is 2. The normalized spacial score (nSPS) is 17.2. The molecule has 268 valence electrons. The molecule has 1 amide bonds. The third-order valence-corrected chi connectivity index (χ3v) is 9.91. The van der Waals surface area contributed by atoms with Crippen LogP contribution in [-0.4, -0.2) is 55.1 Å². The van der Waals surface area contributed by atoms with Crippen molar-refractivity contribution >= 4 is 23.3 Å². The highest BCUT2D eigenvalue weighted by atomic mass is 35.5. The molecule has 1 saturated heterocycles. The molecule has 12 heteroatoms. The van der Waals surface area contributed by atoms with Crippen LogP contribution in [0.4, 0.5) is 8.78 Å². The van der Waals surface area contributed by atoms with E-state index < -0.39 is 6.61 Å². The van der Waals surface area contributed by atoms with Gasteiger partial charge in [0.2, 0.25) is 17.7 Å². The Bertz CT molecular complexity index is 1890. The second-order valence-corrected chi connectivity index (χ2v) is 13.3. The van der Waals surface area contributed by atoms with E-state index in [-0.39, 0.29) is 17.7 Å². The fourth-order valence-corrected chi connectivity index (χ4v) is 7.26. The number of aryl methyl sites for hydroxylation is 1. The summed E-state index contributed by atoms with van der Waals surface area (Å²) in [4.78, 5) is 32.6. The number of halogens is 3. The van der Waals surface area contributed by atoms with Crippen LogP contribution in [0, 0.1) is 5.92 Å². The fourth-order valence-electron chi connectivity index (χ4n) is 6.93. The second kappa shape index (κ2) is 16.6. The van der Waals surface area contributed by atoms with Crippen molar-refractivity contribution in [3.8, 4) is 51.2 Å². The molecule has 2 atom stereocenters. The number of carbonyl (C=O) groups excluding carboxylic acids is 2. The lowest BCUT2D eigenvalue weighted by atomic mass is 9.96. The Balaban J connectivity index is 1.26. The number of aromatic nitrogens is 2. The molecule has 1 aliphatic carbocycles. The van der Waals surface area contributed by atoms with Crippen LogP contribution in [0.2, 0.25) is 5.02 Å². The SMILES string of the molecule is COc1nc(-c2cccc(-c3cccc(-c4ccc(CNC[C@@H]5CCC(=O)C5)c(OC)n4)c3OC(F)F)c2Cl)ccc1CCC[C@@H]1CCC(=O)N1. The molecular weight excluding hydrogens is 678 g/mol. The number of benzene rings is 2. The Kier molecular flexibility index (Phi) is 11.8. The molecule has 51 heavy (non-hydrogen) atoms. The molecule has 6 rings (SSSR count). The molecule has 2 aliphatic rings.